The van der Waals surface area contributed by atoms with Crippen LogP contribution in [0.4, 0.5) is 8.78 Å². The van der Waals surface area contributed by atoms with Gasteiger partial charge >= 0.3 is 0 Å². The van der Waals surface area contributed by atoms with E-state index in [-0.39, 0.29) is 23.3 Å². The Labute approximate surface area is 208 Å². The van der Waals surface area contributed by atoms with Crippen LogP contribution < -0.4 is 5.32 Å². The molecule has 0 unspecified atom stereocenters. The Hall–Kier alpha value is -3.31. The van der Waals surface area contributed by atoms with E-state index in [0.29, 0.717) is 24.1 Å². The summed E-state index contributed by atoms with van der Waals surface area (Å²) in [6, 6.07) is 6.81. The van der Waals surface area contributed by atoms with Crippen LogP contribution in [0, 0.1) is 5.82 Å². The van der Waals surface area contributed by atoms with E-state index in [2.05, 4.69) is 20.3 Å². The maximum Gasteiger partial charge on any atom is 0.244 e. The number of hydrogen-bond acceptors (Lipinski definition) is 6. The number of hydrogen-bond donors (Lipinski definition) is 1. The average Bonchev–Trinajstić information content (AvgIpc) is 3.25. The van der Waals surface area contributed by atoms with Gasteiger partial charge in [-0.2, -0.15) is 4.31 Å². The molecule has 0 radical (unpaired) electrons. The van der Waals surface area contributed by atoms with Crippen LogP contribution in [0.2, 0.25) is 0 Å². The van der Waals surface area contributed by atoms with Gasteiger partial charge in [-0.15, -0.1) is 0 Å². The third-order valence-electron chi connectivity index (χ3n) is 6.06. The topological polar surface area (TPSA) is 105 Å². The second-order valence-corrected chi connectivity index (χ2v) is 11.1. The number of amides is 1. The second kappa shape index (κ2) is 9.98. The standard InChI is InChI=1S/C25H27F2N5O3S/c1-16-4-9-22(32(16)36(34,35)20-7-5-19(26)6-8-20)23(33)29-13-17-10-11-28-21(12-17)18-14-30-24(31-15-18)25(2,3)27/h5-8,10-12,14-16,22H,4,9,13H2,1-3H3,(H,29,33)/t16-,22-/m0/s1. The largest absolute Gasteiger partial charge is 0.351 e. The first-order valence-electron chi connectivity index (χ1n) is 11.5. The van der Waals surface area contributed by atoms with Gasteiger partial charge in [0, 0.05) is 36.7 Å². The Balaban J connectivity index is 1.47. The first-order chi connectivity index (χ1) is 17.0. The zero-order valence-electron chi connectivity index (χ0n) is 20.1. The highest BCUT2D eigenvalue weighted by Crippen LogP contribution is 2.31. The van der Waals surface area contributed by atoms with Crippen molar-refractivity contribution in [2.45, 2.75) is 62.8 Å². The Morgan fingerprint density at radius 2 is 1.78 bits per heavy atom. The molecule has 1 amide bonds. The number of carbonyl (C=O) groups excluding carboxylic acids is 1. The van der Waals surface area contributed by atoms with E-state index in [9.17, 15) is 22.0 Å². The Morgan fingerprint density at radius 1 is 1.11 bits per heavy atom. The van der Waals surface area contributed by atoms with Crippen LogP contribution >= 0.6 is 0 Å². The molecule has 1 fully saturated rings. The van der Waals surface area contributed by atoms with Gasteiger partial charge in [0.2, 0.25) is 15.9 Å². The van der Waals surface area contributed by atoms with E-state index < -0.39 is 33.5 Å². The van der Waals surface area contributed by atoms with Gasteiger partial charge in [-0.3, -0.25) is 9.78 Å². The van der Waals surface area contributed by atoms with Gasteiger partial charge in [-0.25, -0.2) is 27.2 Å². The Kier molecular flexibility index (Phi) is 7.14. The molecule has 2 atom stereocenters. The van der Waals surface area contributed by atoms with Crippen LogP contribution in [0.1, 0.15) is 45.0 Å². The molecule has 190 valence electrons. The molecule has 0 spiro atoms. The molecule has 4 rings (SSSR count). The summed E-state index contributed by atoms with van der Waals surface area (Å²) < 4.78 is 55.0. The van der Waals surface area contributed by atoms with Crippen molar-refractivity contribution in [1.29, 1.82) is 0 Å². The number of halogens is 2. The molecule has 1 N–H and O–H groups in total. The first-order valence-corrected chi connectivity index (χ1v) is 12.9. The van der Waals surface area contributed by atoms with E-state index in [0.717, 1.165) is 17.7 Å². The monoisotopic (exact) mass is 515 g/mol. The van der Waals surface area contributed by atoms with E-state index in [4.69, 9.17) is 0 Å². The van der Waals surface area contributed by atoms with E-state index in [1.54, 1.807) is 25.3 Å². The number of nitrogens with zero attached hydrogens (tertiary/aromatic N) is 4. The fourth-order valence-electron chi connectivity index (χ4n) is 4.16. The third kappa shape index (κ3) is 5.41. The molecule has 36 heavy (non-hydrogen) atoms. The number of nitrogens with one attached hydrogen (secondary N) is 1. The highest BCUT2D eigenvalue weighted by Gasteiger charge is 2.43. The molecular weight excluding hydrogens is 488 g/mol. The Morgan fingerprint density at radius 3 is 2.42 bits per heavy atom. The van der Waals surface area contributed by atoms with Crippen LogP contribution in [0.5, 0.6) is 0 Å². The summed E-state index contributed by atoms with van der Waals surface area (Å²) in [7, 11) is -3.98. The summed E-state index contributed by atoms with van der Waals surface area (Å²) in [5, 5.41) is 2.82. The molecule has 0 saturated carbocycles. The minimum absolute atomic E-state index is 0.0568. The molecule has 0 aliphatic carbocycles. The zero-order valence-corrected chi connectivity index (χ0v) is 21.0. The van der Waals surface area contributed by atoms with Gasteiger partial charge in [-0.05, 0) is 75.6 Å². The lowest BCUT2D eigenvalue weighted by molar-refractivity contribution is -0.124. The summed E-state index contributed by atoms with van der Waals surface area (Å²) >= 11 is 0. The molecular formula is C25H27F2N5O3S. The van der Waals surface area contributed by atoms with Gasteiger partial charge in [0.25, 0.3) is 0 Å². The van der Waals surface area contributed by atoms with E-state index in [1.807, 2.05) is 0 Å². The minimum atomic E-state index is -3.98. The fourth-order valence-corrected chi connectivity index (χ4v) is 6.00. The van der Waals surface area contributed by atoms with Gasteiger partial charge in [0.1, 0.15) is 11.9 Å². The van der Waals surface area contributed by atoms with Crippen LogP contribution in [0.3, 0.4) is 0 Å². The predicted molar refractivity (Wildman–Crippen MR) is 129 cm³/mol. The predicted octanol–water partition coefficient (Wildman–Crippen LogP) is 3.74. The maximum atomic E-state index is 14.0. The van der Waals surface area contributed by atoms with Crippen LogP contribution in [-0.4, -0.2) is 45.7 Å². The van der Waals surface area contributed by atoms with Gasteiger partial charge in [0.05, 0.1) is 10.6 Å². The number of aromatic nitrogens is 3. The lowest BCUT2D eigenvalue weighted by Gasteiger charge is -2.27. The Bertz CT molecular complexity index is 1340. The number of carbonyl (C=O) groups is 1. The lowest BCUT2D eigenvalue weighted by Crippen LogP contribution is -2.48. The number of pyridine rings is 1. The van der Waals surface area contributed by atoms with Crippen molar-refractivity contribution in [2.75, 3.05) is 0 Å². The zero-order chi connectivity index (χ0) is 26.1. The quantitative estimate of drug-likeness (QED) is 0.514. The molecule has 1 aliphatic heterocycles. The van der Waals surface area contributed by atoms with Crippen molar-refractivity contribution < 1.29 is 22.0 Å². The summed E-state index contributed by atoms with van der Waals surface area (Å²) in [5.41, 5.74) is 0.230. The number of benzene rings is 1. The second-order valence-electron chi connectivity index (χ2n) is 9.27. The van der Waals surface area contributed by atoms with Crippen molar-refractivity contribution in [3.8, 4) is 11.3 Å². The van der Waals surface area contributed by atoms with Crippen molar-refractivity contribution >= 4 is 15.9 Å². The first kappa shape index (κ1) is 25.8. The van der Waals surface area contributed by atoms with Crippen molar-refractivity contribution in [2.24, 2.45) is 0 Å². The van der Waals surface area contributed by atoms with Gasteiger partial charge < -0.3 is 5.32 Å². The van der Waals surface area contributed by atoms with Crippen LogP contribution in [0.15, 0.2) is 59.9 Å². The normalized spacial score (nSPS) is 18.8. The lowest BCUT2D eigenvalue weighted by atomic mass is 10.1. The number of rotatable bonds is 7. The molecule has 8 nitrogen and oxygen atoms in total. The van der Waals surface area contributed by atoms with Crippen molar-refractivity contribution in [1.82, 2.24) is 24.6 Å². The minimum Gasteiger partial charge on any atom is -0.351 e. The molecule has 11 heteroatoms. The van der Waals surface area contributed by atoms with Crippen molar-refractivity contribution in [3.05, 3.63) is 72.2 Å². The summed E-state index contributed by atoms with van der Waals surface area (Å²) in [5.74, 6) is -0.884. The van der Waals surface area contributed by atoms with E-state index >= 15 is 0 Å². The molecule has 0 bridgehead atoms. The number of alkyl halides is 1. The summed E-state index contributed by atoms with van der Waals surface area (Å²) in [6.07, 6.45) is 5.47. The molecule has 1 aromatic carbocycles. The molecule has 2 aromatic heterocycles. The average molecular weight is 516 g/mol. The van der Waals surface area contributed by atoms with Gasteiger partial charge in [0.15, 0.2) is 11.5 Å². The van der Waals surface area contributed by atoms with Gasteiger partial charge in [-0.1, -0.05) is 0 Å². The molecule has 1 aliphatic rings. The number of sulfonamides is 1. The summed E-state index contributed by atoms with van der Waals surface area (Å²) in [4.78, 5) is 25.4. The maximum absolute atomic E-state index is 14.0. The molecule has 3 heterocycles. The van der Waals surface area contributed by atoms with Crippen LogP contribution in [0.25, 0.3) is 11.3 Å². The van der Waals surface area contributed by atoms with Crippen molar-refractivity contribution in [3.63, 3.8) is 0 Å². The third-order valence-corrected chi connectivity index (χ3v) is 8.10. The van der Waals surface area contributed by atoms with E-state index in [1.165, 1.54) is 42.7 Å². The van der Waals surface area contributed by atoms with Crippen LogP contribution in [-0.2, 0) is 27.0 Å². The summed E-state index contributed by atoms with van der Waals surface area (Å²) in [6.45, 7) is 4.66. The molecule has 1 saturated heterocycles. The highest BCUT2D eigenvalue weighted by atomic mass is 32.2. The SMILES string of the molecule is C[C@H]1CC[C@@H](C(=O)NCc2ccnc(-c3cnc(C(C)(C)F)nc3)c2)N1S(=O)(=O)c1ccc(F)cc1. The fraction of sp³-hybridized carbons (Fsp3) is 0.360. The highest BCUT2D eigenvalue weighted by molar-refractivity contribution is 7.89. The smallest absolute Gasteiger partial charge is 0.244 e. The molecule has 3 aromatic rings.